The SMILES string of the molecule is COc1ccc(CN2C(=O)[C@H](N(C(=O)O)[C@@H]3C[C@H](C)CC[C@H]3C(C)C)c3ccccc3-c3ccccc32)cc1. The van der Waals surface area contributed by atoms with E-state index in [2.05, 4.69) is 20.8 Å². The van der Waals surface area contributed by atoms with E-state index in [1.807, 2.05) is 72.8 Å². The normalized spacial score (nSPS) is 22.6. The number of benzene rings is 3. The molecular weight excluding hydrogens is 488 g/mol. The second-order valence-corrected chi connectivity index (χ2v) is 11.4. The maximum absolute atomic E-state index is 14.7. The van der Waals surface area contributed by atoms with Crippen molar-refractivity contribution in [2.75, 3.05) is 12.0 Å². The molecule has 1 saturated carbocycles. The molecule has 1 fully saturated rings. The van der Waals surface area contributed by atoms with Crippen LogP contribution in [0, 0.1) is 17.8 Å². The molecule has 3 aromatic rings. The fourth-order valence-corrected chi connectivity index (χ4v) is 6.58. The van der Waals surface area contributed by atoms with Crippen molar-refractivity contribution in [3.05, 3.63) is 83.9 Å². The van der Waals surface area contributed by atoms with Gasteiger partial charge in [-0.2, -0.15) is 0 Å². The third-order valence-corrected chi connectivity index (χ3v) is 8.58. The van der Waals surface area contributed by atoms with Gasteiger partial charge < -0.3 is 14.7 Å². The van der Waals surface area contributed by atoms with E-state index in [4.69, 9.17) is 4.74 Å². The predicted octanol–water partition coefficient (Wildman–Crippen LogP) is 7.39. The molecule has 0 bridgehead atoms. The molecule has 0 radical (unpaired) electrons. The molecule has 2 amide bonds. The molecule has 1 aliphatic heterocycles. The molecule has 39 heavy (non-hydrogen) atoms. The Morgan fingerprint density at radius 2 is 1.67 bits per heavy atom. The summed E-state index contributed by atoms with van der Waals surface area (Å²) < 4.78 is 5.33. The molecule has 0 unspecified atom stereocenters. The summed E-state index contributed by atoms with van der Waals surface area (Å²) in [7, 11) is 1.63. The summed E-state index contributed by atoms with van der Waals surface area (Å²) in [5.74, 6) is 1.43. The van der Waals surface area contributed by atoms with Gasteiger partial charge in [0.15, 0.2) is 0 Å². The van der Waals surface area contributed by atoms with Crippen LogP contribution in [0.1, 0.15) is 57.2 Å². The number of hydrogen-bond donors (Lipinski definition) is 1. The molecule has 2 aliphatic rings. The van der Waals surface area contributed by atoms with Crippen molar-refractivity contribution < 1.29 is 19.4 Å². The van der Waals surface area contributed by atoms with Gasteiger partial charge in [-0.25, -0.2) is 4.79 Å². The number of rotatable bonds is 6. The molecule has 1 heterocycles. The smallest absolute Gasteiger partial charge is 0.408 e. The van der Waals surface area contributed by atoms with Crippen molar-refractivity contribution in [3.8, 4) is 16.9 Å². The van der Waals surface area contributed by atoms with Gasteiger partial charge in [0.2, 0.25) is 0 Å². The molecule has 0 spiro atoms. The van der Waals surface area contributed by atoms with Crippen LogP contribution in [0.5, 0.6) is 5.75 Å². The molecule has 3 aromatic carbocycles. The number of carboxylic acid groups (broad SMARTS) is 1. The first-order chi connectivity index (χ1) is 18.8. The monoisotopic (exact) mass is 526 g/mol. The van der Waals surface area contributed by atoms with E-state index >= 15 is 0 Å². The predicted molar refractivity (Wildman–Crippen MR) is 154 cm³/mol. The van der Waals surface area contributed by atoms with Crippen molar-refractivity contribution in [3.63, 3.8) is 0 Å². The van der Waals surface area contributed by atoms with Crippen LogP contribution in [-0.2, 0) is 11.3 Å². The van der Waals surface area contributed by atoms with Gasteiger partial charge in [0.05, 0.1) is 19.3 Å². The van der Waals surface area contributed by atoms with Crippen LogP contribution in [0.4, 0.5) is 10.5 Å². The summed E-state index contributed by atoms with van der Waals surface area (Å²) in [6.07, 6.45) is 1.76. The highest BCUT2D eigenvalue weighted by atomic mass is 16.5. The van der Waals surface area contributed by atoms with Crippen molar-refractivity contribution in [2.24, 2.45) is 17.8 Å². The molecular formula is C33H38N2O4. The lowest BCUT2D eigenvalue weighted by Gasteiger charge is -2.45. The van der Waals surface area contributed by atoms with Gasteiger partial charge in [-0.3, -0.25) is 9.69 Å². The topological polar surface area (TPSA) is 70.1 Å². The fraction of sp³-hybridized carbons (Fsp3) is 0.394. The van der Waals surface area contributed by atoms with E-state index in [9.17, 15) is 14.7 Å². The second kappa shape index (κ2) is 11.1. The second-order valence-electron chi connectivity index (χ2n) is 11.4. The van der Waals surface area contributed by atoms with E-state index in [1.54, 1.807) is 12.0 Å². The zero-order valence-electron chi connectivity index (χ0n) is 23.2. The number of anilines is 1. The third-order valence-electron chi connectivity index (χ3n) is 8.58. The standard InChI is InChI=1S/C33H38N2O4/c1-21(2)25-18-13-22(3)19-30(25)35(33(37)38)31-28-11-6-5-9-26(28)27-10-7-8-12-29(27)34(32(31)36)20-23-14-16-24(39-4)17-15-23/h5-12,14-17,21-22,25,30-31H,13,18-20H2,1-4H3,(H,37,38)/t22-,25+,30-,31-/m1/s1. The maximum Gasteiger partial charge on any atom is 0.408 e. The zero-order chi connectivity index (χ0) is 27.7. The van der Waals surface area contributed by atoms with Gasteiger partial charge in [-0.05, 0) is 65.5 Å². The van der Waals surface area contributed by atoms with Gasteiger partial charge in [0.1, 0.15) is 11.8 Å². The first kappa shape index (κ1) is 26.8. The van der Waals surface area contributed by atoms with Crippen LogP contribution in [0.25, 0.3) is 11.1 Å². The molecule has 0 saturated heterocycles. The third kappa shape index (κ3) is 5.12. The number of amides is 2. The average molecular weight is 527 g/mol. The number of ether oxygens (including phenoxy) is 1. The average Bonchev–Trinajstić information content (AvgIpc) is 3.03. The lowest BCUT2D eigenvalue weighted by molar-refractivity contribution is -0.125. The van der Waals surface area contributed by atoms with E-state index < -0.39 is 12.1 Å². The Morgan fingerprint density at radius 1 is 1.00 bits per heavy atom. The number of para-hydroxylation sites is 1. The molecule has 1 N–H and O–H groups in total. The van der Waals surface area contributed by atoms with Crippen LogP contribution in [-0.4, -0.2) is 35.2 Å². The Hall–Kier alpha value is -3.80. The first-order valence-corrected chi connectivity index (χ1v) is 13.9. The number of hydrogen-bond acceptors (Lipinski definition) is 3. The van der Waals surface area contributed by atoms with Crippen molar-refractivity contribution in [2.45, 2.75) is 58.7 Å². The Kier molecular flexibility index (Phi) is 7.65. The zero-order valence-corrected chi connectivity index (χ0v) is 23.2. The minimum Gasteiger partial charge on any atom is -0.497 e. The van der Waals surface area contributed by atoms with Crippen molar-refractivity contribution >= 4 is 17.7 Å². The van der Waals surface area contributed by atoms with Gasteiger partial charge in [0.25, 0.3) is 5.91 Å². The summed E-state index contributed by atoms with van der Waals surface area (Å²) in [6, 6.07) is 22.2. The highest BCUT2D eigenvalue weighted by Gasteiger charge is 2.46. The summed E-state index contributed by atoms with van der Waals surface area (Å²) in [5, 5.41) is 10.8. The first-order valence-electron chi connectivity index (χ1n) is 13.9. The lowest BCUT2D eigenvalue weighted by Crippen LogP contribution is -2.53. The number of carbonyl (C=O) groups is 2. The van der Waals surface area contributed by atoms with Crippen molar-refractivity contribution in [1.29, 1.82) is 0 Å². The highest BCUT2D eigenvalue weighted by molar-refractivity contribution is 6.06. The van der Waals surface area contributed by atoms with Crippen LogP contribution in [0.2, 0.25) is 0 Å². The quantitative estimate of drug-likeness (QED) is 0.364. The van der Waals surface area contributed by atoms with Gasteiger partial charge in [-0.15, -0.1) is 0 Å². The van der Waals surface area contributed by atoms with E-state index in [1.165, 1.54) is 4.90 Å². The largest absolute Gasteiger partial charge is 0.497 e. The fourth-order valence-electron chi connectivity index (χ4n) is 6.58. The Balaban J connectivity index is 1.67. The summed E-state index contributed by atoms with van der Waals surface area (Å²) in [6.45, 7) is 6.86. The molecule has 5 rings (SSSR count). The van der Waals surface area contributed by atoms with Crippen LogP contribution >= 0.6 is 0 Å². The molecule has 6 nitrogen and oxygen atoms in total. The van der Waals surface area contributed by atoms with Crippen LogP contribution in [0.3, 0.4) is 0 Å². The van der Waals surface area contributed by atoms with E-state index in [-0.39, 0.29) is 17.9 Å². The van der Waals surface area contributed by atoms with Crippen LogP contribution < -0.4 is 9.64 Å². The Labute approximate surface area is 231 Å². The van der Waals surface area contributed by atoms with Gasteiger partial charge in [-0.1, -0.05) is 81.8 Å². The van der Waals surface area contributed by atoms with Crippen molar-refractivity contribution in [1.82, 2.24) is 4.90 Å². The number of methoxy groups -OCH3 is 1. The number of fused-ring (bicyclic) bond motifs is 3. The summed E-state index contributed by atoms with van der Waals surface area (Å²) in [5.41, 5.74) is 4.31. The maximum atomic E-state index is 14.7. The minimum absolute atomic E-state index is 0.193. The van der Waals surface area contributed by atoms with E-state index in [0.717, 1.165) is 53.0 Å². The number of nitrogens with zero attached hydrogens (tertiary/aromatic N) is 2. The van der Waals surface area contributed by atoms with E-state index in [0.29, 0.717) is 18.4 Å². The highest BCUT2D eigenvalue weighted by Crippen LogP contribution is 2.46. The molecule has 204 valence electrons. The molecule has 4 atom stereocenters. The number of carbonyl (C=O) groups excluding carboxylic acids is 1. The van der Waals surface area contributed by atoms with Gasteiger partial charge >= 0.3 is 6.09 Å². The van der Waals surface area contributed by atoms with Crippen LogP contribution in [0.15, 0.2) is 72.8 Å². The Bertz CT molecular complexity index is 1340. The minimum atomic E-state index is -1.04. The molecule has 0 aromatic heterocycles. The molecule has 1 aliphatic carbocycles. The molecule has 6 heteroatoms. The van der Waals surface area contributed by atoms with Gasteiger partial charge in [0, 0.05) is 11.6 Å². The lowest BCUT2D eigenvalue weighted by atomic mass is 9.73. The Morgan fingerprint density at radius 3 is 2.33 bits per heavy atom. The summed E-state index contributed by atoms with van der Waals surface area (Å²) >= 11 is 0. The summed E-state index contributed by atoms with van der Waals surface area (Å²) in [4.78, 5) is 31.2.